The molecule has 5 nitrogen and oxygen atoms in total. The molecule has 5 heteroatoms. The summed E-state index contributed by atoms with van der Waals surface area (Å²) in [5.41, 5.74) is 2.59. The summed E-state index contributed by atoms with van der Waals surface area (Å²) in [6.45, 7) is 1.89. The highest BCUT2D eigenvalue weighted by Crippen LogP contribution is 2.27. The van der Waals surface area contributed by atoms with Gasteiger partial charge in [-0.1, -0.05) is 18.2 Å². The Morgan fingerprint density at radius 3 is 2.64 bits per heavy atom. The molecule has 2 rings (SSSR count). The minimum absolute atomic E-state index is 0.0220. The van der Waals surface area contributed by atoms with Gasteiger partial charge in [-0.3, -0.25) is 4.98 Å². The molecule has 0 radical (unpaired) electrons. The van der Waals surface area contributed by atoms with Crippen LogP contribution in [0.1, 0.15) is 5.56 Å². The summed E-state index contributed by atoms with van der Waals surface area (Å²) in [5.74, 6) is -0.0902. The van der Waals surface area contributed by atoms with Crippen molar-refractivity contribution < 1.29 is 19.0 Å². The molecule has 0 aliphatic carbocycles. The Hall–Kier alpha value is -2.82. The van der Waals surface area contributed by atoms with Gasteiger partial charge in [0.15, 0.2) is 0 Å². The molecule has 2 aromatic rings. The van der Waals surface area contributed by atoms with Crippen LogP contribution in [0.4, 0.5) is 0 Å². The highest BCUT2D eigenvalue weighted by atomic mass is 16.6. The fraction of sp³-hybridized carbons (Fsp3) is 0.176. The smallest absolute Gasteiger partial charge is 0.377 e. The molecular weight excluding hydrogens is 282 g/mol. The molecule has 114 valence electrons. The normalized spacial score (nSPS) is 11.0. The number of pyridine rings is 1. The van der Waals surface area contributed by atoms with Gasteiger partial charge in [-0.05, 0) is 30.7 Å². The van der Waals surface area contributed by atoms with Crippen molar-refractivity contribution in [3.05, 3.63) is 60.2 Å². The minimum atomic E-state index is -0.607. The number of hydrogen-bond donors (Lipinski definition) is 0. The molecule has 0 aliphatic rings. The van der Waals surface area contributed by atoms with Gasteiger partial charge in [-0.15, -0.1) is 0 Å². The maximum Gasteiger partial charge on any atom is 0.377 e. The van der Waals surface area contributed by atoms with Crippen molar-refractivity contribution in [3.8, 4) is 17.0 Å². The molecule has 0 saturated carbocycles. The van der Waals surface area contributed by atoms with E-state index in [4.69, 9.17) is 9.47 Å². The quantitative estimate of drug-likeness (QED) is 0.482. The number of benzene rings is 1. The zero-order chi connectivity index (χ0) is 15.9. The molecule has 1 heterocycles. The maximum absolute atomic E-state index is 11.7. The molecule has 0 fully saturated rings. The van der Waals surface area contributed by atoms with Gasteiger partial charge in [0.1, 0.15) is 12.0 Å². The van der Waals surface area contributed by atoms with Crippen molar-refractivity contribution >= 4 is 5.97 Å². The zero-order valence-corrected chi connectivity index (χ0v) is 12.7. The number of hydrogen-bond acceptors (Lipinski definition) is 5. The Morgan fingerprint density at radius 2 is 2.00 bits per heavy atom. The van der Waals surface area contributed by atoms with E-state index < -0.39 is 5.97 Å². The first-order chi connectivity index (χ1) is 10.7. The van der Waals surface area contributed by atoms with Gasteiger partial charge in [-0.2, -0.15) is 0 Å². The van der Waals surface area contributed by atoms with Crippen LogP contribution in [0.2, 0.25) is 0 Å². The molecule has 22 heavy (non-hydrogen) atoms. The van der Waals surface area contributed by atoms with E-state index in [1.165, 1.54) is 20.5 Å². The van der Waals surface area contributed by atoms with E-state index in [9.17, 15) is 4.79 Å². The second kappa shape index (κ2) is 7.26. The van der Waals surface area contributed by atoms with Crippen molar-refractivity contribution in [3.63, 3.8) is 0 Å². The van der Waals surface area contributed by atoms with E-state index in [0.29, 0.717) is 5.75 Å². The largest absolute Gasteiger partial charge is 0.500 e. The van der Waals surface area contributed by atoms with Crippen molar-refractivity contribution in [2.45, 2.75) is 6.92 Å². The van der Waals surface area contributed by atoms with Crippen LogP contribution in [0, 0.1) is 6.92 Å². The lowest BCUT2D eigenvalue weighted by atomic mass is 10.1. The number of nitrogens with zero attached hydrogens (tertiary/aromatic N) is 1. The number of aryl methyl sites for hydroxylation is 1. The minimum Gasteiger partial charge on any atom is -0.500 e. The predicted octanol–water partition coefficient (Wildman–Crippen LogP) is 3.10. The number of carbonyl (C=O) groups excluding carboxylic acids is 1. The standard InChI is InChI=1S/C17H17NO4/c1-12-7-8-13(14-6-4-5-9-18-14)10-15(12)22-16(11-20-2)17(19)21-3/h4-11H,1-3H3/b16-11-. The Labute approximate surface area is 129 Å². The summed E-state index contributed by atoms with van der Waals surface area (Å²) in [6.07, 6.45) is 2.93. The average Bonchev–Trinajstić information content (AvgIpc) is 2.56. The number of aromatic nitrogens is 1. The van der Waals surface area contributed by atoms with E-state index in [2.05, 4.69) is 9.72 Å². The monoisotopic (exact) mass is 299 g/mol. The number of methoxy groups -OCH3 is 2. The van der Waals surface area contributed by atoms with Crippen molar-refractivity contribution in [1.29, 1.82) is 0 Å². The van der Waals surface area contributed by atoms with Crippen molar-refractivity contribution in [2.24, 2.45) is 0 Å². The number of esters is 1. The third kappa shape index (κ3) is 3.63. The van der Waals surface area contributed by atoms with Crippen molar-refractivity contribution in [2.75, 3.05) is 14.2 Å². The van der Waals surface area contributed by atoms with Gasteiger partial charge in [0.05, 0.1) is 19.9 Å². The SMILES string of the molecule is CO/C=C(\Oc1cc(-c2ccccn2)ccc1C)C(=O)OC. The lowest BCUT2D eigenvalue weighted by molar-refractivity contribution is -0.138. The number of carbonyl (C=O) groups is 1. The fourth-order valence-corrected chi connectivity index (χ4v) is 1.84. The summed E-state index contributed by atoms with van der Waals surface area (Å²) in [5, 5.41) is 0. The van der Waals surface area contributed by atoms with E-state index in [1.807, 2.05) is 43.3 Å². The van der Waals surface area contributed by atoms with Crippen LogP contribution in [0.25, 0.3) is 11.3 Å². The van der Waals surface area contributed by atoms with Gasteiger partial charge < -0.3 is 14.2 Å². The Kier molecular flexibility index (Phi) is 5.14. The Bertz CT molecular complexity index is 680. The molecule has 0 saturated heterocycles. The lowest BCUT2D eigenvalue weighted by Gasteiger charge is -2.12. The Balaban J connectivity index is 2.35. The van der Waals surface area contributed by atoms with Gasteiger partial charge in [-0.25, -0.2) is 4.79 Å². The van der Waals surface area contributed by atoms with Crippen LogP contribution in [0.3, 0.4) is 0 Å². The van der Waals surface area contributed by atoms with Crippen LogP contribution >= 0.6 is 0 Å². The predicted molar refractivity (Wildman–Crippen MR) is 82.1 cm³/mol. The molecule has 0 aliphatic heterocycles. The van der Waals surface area contributed by atoms with Crippen LogP contribution in [-0.2, 0) is 14.3 Å². The first-order valence-electron chi connectivity index (χ1n) is 6.67. The summed E-state index contributed by atoms with van der Waals surface area (Å²) in [4.78, 5) is 16.0. The molecule has 0 atom stereocenters. The van der Waals surface area contributed by atoms with Crippen LogP contribution in [0.15, 0.2) is 54.6 Å². The van der Waals surface area contributed by atoms with Crippen LogP contribution < -0.4 is 4.74 Å². The summed E-state index contributed by atoms with van der Waals surface area (Å²) in [7, 11) is 2.72. The third-order valence-electron chi connectivity index (χ3n) is 2.98. The first-order valence-corrected chi connectivity index (χ1v) is 6.67. The Morgan fingerprint density at radius 1 is 1.18 bits per heavy atom. The van der Waals surface area contributed by atoms with E-state index in [1.54, 1.807) is 6.20 Å². The van der Waals surface area contributed by atoms with Crippen LogP contribution in [0.5, 0.6) is 5.75 Å². The number of ether oxygens (including phenoxy) is 3. The fourth-order valence-electron chi connectivity index (χ4n) is 1.84. The molecule has 0 N–H and O–H groups in total. The van der Waals surface area contributed by atoms with Crippen molar-refractivity contribution in [1.82, 2.24) is 4.98 Å². The highest BCUT2D eigenvalue weighted by Gasteiger charge is 2.15. The first kappa shape index (κ1) is 15.6. The van der Waals surface area contributed by atoms with E-state index >= 15 is 0 Å². The zero-order valence-electron chi connectivity index (χ0n) is 12.7. The highest BCUT2D eigenvalue weighted by molar-refractivity contribution is 5.86. The van der Waals surface area contributed by atoms with E-state index in [0.717, 1.165) is 16.8 Å². The molecule has 0 amide bonds. The molecule has 0 unspecified atom stereocenters. The molecule has 0 spiro atoms. The molecular formula is C17H17NO4. The summed E-state index contributed by atoms with van der Waals surface area (Å²) in [6, 6.07) is 11.3. The van der Waals surface area contributed by atoms with Gasteiger partial charge >= 0.3 is 5.97 Å². The summed E-state index contributed by atoms with van der Waals surface area (Å²) < 4.78 is 15.2. The van der Waals surface area contributed by atoms with Crippen LogP contribution in [-0.4, -0.2) is 25.2 Å². The average molecular weight is 299 g/mol. The molecule has 1 aromatic carbocycles. The van der Waals surface area contributed by atoms with E-state index in [-0.39, 0.29) is 5.76 Å². The second-order valence-corrected chi connectivity index (χ2v) is 4.51. The number of rotatable bonds is 5. The lowest BCUT2D eigenvalue weighted by Crippen LogP contribution is -2.11. The molecule has 0 bridgehead atoms. The maximum atomic E-state index is 11.7. The summed E-state index contributed by atoms with van der Waals surface area (Å²) >= 11 is 0. The van der Waals surface area contributed by atoms with Gasteiger partial charge in [0.25, 0.3) is 0 Å². The van der Waals surface area contributed by atoms with Gasteiger partial charge in [0.2, 0.25) is 5.76 Å². The van der Waals surface area contributed by atoms with Gasteiger partial charge in [0, 0.05) is 11.8 Å². The topological polar surface area (TPSA) is 57.7 Å². The second-order valence-electron chi connectivity index (χ2n) is 4.51. The third-order valence-corrected chi connectivity index (χ3v) is 2.98. The molecule has 1 aromatic heterocycles.